The minimum atomic E-state index is -0.967. The van der Waals surface area contributed by atoms with Crippen molar-refractivity contribution in [3.8, 4) is 0 Å². The van der Waals surface area contributed by atoms with E-state index < -0.39 is 11.6 Å². The van der Waals surface area contributed by atoms with Gasteiger partial charge in [-0.05, 0) is 73.9 Å². The lowest BCUT2D eigenvalue weighted by atomic mass is 9.81. The van der Waals surface area contributed by atoms with Gasteiger partial charge < -0.3 is 15.3 Å². The van der Waals surface area contributed by atoms with Crippen LogP contribution in [0.2, 0.25) is 10.0 Å². The van der Waals surface area contributed by atoms with Gasteiger partial charge >= 0.3 is 5.97 Å². The Morgan fingerprint density at radius 1 is 1.13 bits per heavy atom. The van der Waals surface area contributed by atoms with Gasteiger partial charge in [-0.2, -0.15) is 0 Å². The van der Waals surface area contributed by atoms with Crippen LogP contribution in [0.5, 0.6) is 0 Å². The minimum absolute atomic E-state index is 0.0607. The fraction of sp³-hybridized carbons (Fsp3) is 0.448. The van der Waals surface area contributed by atoms with E-state index in [1.807, 2.05) is 17.0 Å². The van der Waals surface area contributed by atoms with Crippen LogP contribution in [0.1, 0.15) is 86.3 Å². The van der Waals surface area contributed by atoms with Crippen LogP contribution in [0.15, 0.2) is 47.5 Å². The highest BCUT2D eigenvalue weighted by Crippen LogP contribution is 2.47. The molecule has 2 amide bonds. The molecule has 1 heterocycles. The maximum Gasteiger partial charge on any atom is 0.305 e. The maximum absolute atomic E-state index is 14.1. The highest BCUT2D eigenvalue weighted by atomic mass is 35.5. The van der Waals surface area contributed by atoms with Crippen molar-refractivity contribution in [1.29, 1.82) is 0 Å². The van der Waals surface area contributed by atoms with Gasteiger partial charge in [-0.15, -0.1) is 0 Å². The lowest BCUT2D eigenvalue weighted by Crippen LogP contribution is -2.50. The summed E-state index contributed by atoms with van der Waals surface area (Å²) >= 11 is 12.6. The van der Waals surface area contributed by atoms with Crippen molar-refractivity contribution in [3.63, 3.8) is 0 Å². The number of carbonyl (C=O) groups excluding carboxylic acids is 2. The third-order valence-corrected chi connectivity index (χ3v) is 7.89. The molecule has 2 aliphatic rings. The molecular weight excluding hydrogens is 525 g/mol. The number of nitrogens with zero attached hydrogens (tertiary/aromatic N) is 2. The number of hydrogen-bond donors (Lipinski definition) is 2. The first-order valence-corrected chi connectivity index (χ1v) is 13.9. The Morgan fingerprint density at radius 3 is 2.34 bits per heavy atom. The van der Waals surface area contributed by atoms with E-state index in [9.17, 15) is 14.4 Å². The molecular formula is C29H33Cl2N3O4. The summed E-state index contributed by atoms with van der Waals surface area (Å²) in [5.41, 5.74) is 1.74. The van der Waals surface area contributed by atoms with Gasteiger partial charge in [0.25, 0.3) is 11.8 Å². The molecule has 0 saturated heterocycles. The number of aliphatic imine (C=N–C) groups is 1. The highest BCUT2D eigenvalue weighted by Gasteiger charge is 2.51. The second kappa shape index (κ2) is 11.9. The van der Waals surface area contributed by atoms with Gasteiger partial charge in [0, 0.05) is 27.7 Å². The molecule has 1 atom stereocenters. The van der Waals surface area contributed by atoms with E-state index in [4.69, 9.17) is 33.3 Å². The number of carboxylic acids is 1. The Balaban J connectivity index is 1.67. The van der Waals surface area contributed by atoms with E-state index in [0.29, 0.717) is 32.8 Å². The summed E-state index contributed by atoms with van der Waals surface area (Å²) in [6.07, 6.45) is 4.98. The van der Waals surface area contributed by atoms with E-state index in [-0.39, 0.29) is 30.8 Å². The van der Waals surface area contributed by atoms with Crippen molar-refractivity contribution in [2.75, 3.05) is 6.54 Å². The first-order valence-electron chi connectivity index (χ1n) is 13.1. The molecule has 202 valence electrons. The zero-order chi connectivity index (χ0) is 27.4. The Labute approximate surface area is 233 Å². The number of aliphatic carboxylic acids is 1. The summed E-state index contributed by atoms with van der Waals surface area (Å²) < 4.78 is 0. The normalized spacial score (nSPS) is 21.9. The quantitative estimate of drug-likeness (QED) is 0.379. The summed E-state index contributed by atoms with van der Waals surface area (Å²) in [5.74, 6) is -0.859. The first-order chi connectivity index (χ1) is 18.1. The van der Waals surface area contributed by atoms with Crippen LogP contribution in [0.4, 0.5) is 0 Å². The van der Waals surface area contributed by atoms with Crippen molar-refractivity contribution < 1.29 is 19.5 Å². The standard InChI is InChI=1S/C29H33Cl2N3O4/c1-3-4-24(19-5-7-20(8-6-19)27(37)32-14-11-25(35)36)34-28(38)26(21-15-22(30)17-23(31)16-21)33-29(34)12-9-18(2)10-13-29/h5-8,15-18,24H,3-4,9-14H2,1-2H3,(H,32,37)(H,35,36). The summed E-state index contributed by atoms with van der Waals surface area (Å²) in [6, 6.07) is 12.1. The van der Waals surface area contributed by atoms with Crippen LogP contribution in [-0.2, 0) is 9.59 Å². The van der Waals surface area contributed by atoms with Gasteiger partial charge in [0.05, 0.1) is 12.5 Å². The second-order valence-corrected chi connectivity index (χ2v) is 11.2. The first kappa shape index (κ1) is 28.1. The summed E-state index contributed by atoms with van der Waals surface area (Å²) in [5, 5.41) is 12.3. The Kier molecular flexibility index (Phi) is 8.78. The third kappa shape index (κ3) is 6.05. The molecule has 4 rings (SSSR count). The van der Waals surface area contributed by atoms with Gasteiger partial charge in [-0.25, -0.2) is 0 Å². The molecule has 2 aromatic carbocycles. The molecule has 2 N–H and O–H groups in total. The predicted molar refractivity (Wildman–Crippen MR) is 149 cm³/mol. The average molecular weight is 559 g/mol. The number of halogens is 2. The largest absolute Gasteiger partial charge is 0.481 e. The monoisotopic (exact) mass is 557 g/mol. The number of nitrogens with one attached hydrogen (secondary N) is 1. The zero-order valence-corrected chi connectivity index (χ0v) is 23.2. The van der Waals surface area contributed by atoms with Crippen LogP contribution in [0, 0.1) is 5.92 Å². The SMILES string of the molecule is CCCC(c1ccc(C(=O)NCCC(=O)O)cc1)N1C(=O)C(c2cc(Cl)cc(Cl)c2)=NC12CCC(C)CC2. The smallest absolute Gasteiger partial charge is 0.305 e. The number of amides is 2. The lowest BCUT2D eigenvalue weighted by molar-refractivity contribution is -0.137. The molecule has 1 fully saturated rings. The highest BCUT2D eigenvalue weighted by molar-refractivity contribution is 6.47. The summed E-state index contributed by atoms with van der Waals surface area (Å²) in [4.78, 5) is 44.4. The number of carboxylic acid groups (broad SMARTS) is 1. The van der Waals surface area contributed by atoms with Crippen LogP contribution in [0.25, 0.3) is 0 Å². The molecule has 1 spiro atoms. The second-order valence-electron chi connectivity index (χ2n) is 10.3. The van der Waals surface area contributed by atoms with Gasteiger partial charge in [-0.3, -0.25) is 19.4 Å². The lowest BCUT2D eigenvalue weighted by Gasteiger charge is -2.45. The van der Waals surface area contributed by atoms with E-state index in [1.54, 1.807) is 30.3 Å². The summed E-state index contributed by atoms with van der Waals surface area (Å²) in [7, 11) is 0. The summed E-state index contributed by atoms with van der Waals surface area (Å²) in [6.45, 7) is 4.39. The molecule has 1 aliphatic carbocycles. The van der Waals surface area contributed by atoms with Gasteiger partial charge in [-0.1, -0.05) is 55.6 Å². The molecule has 7 nitrogen and oxygen atoms in total. The molecule has 1 saturated carbocycles. The molecule has 0 aromatic heterocycles. The fourth-order valence-corrected chi connectivity index (χ4v) is 5.99. The third-order valence-electron chi connectivity index (χ3n) is 7.46. The molecule has 9 heteroatoms. The van der Waals surface area contributed by atoms with Crippen LogP contribution in [0.3, 0.4) is 0 Å². The van der Waals surface area contributed by atoms with E-state index in [1.165, 1.54) is 0 Å². The van der Waals surface area contributed by atoms with E-state index in [2.05, 4.69) is 19.2 Å². The number of carbonyl (C=O) groups is 3. The van der Waals surface area contributed by atoms with E-state index in [0.717, 1.165) is 44.1 Å². The number of rotatable bonds is 9. The topological polar surface area (TPSA) is 99.1 Å². The van der Waals surface area contributed by atoms with Crippen molar-refractivity contribution in [1.82, 2.24) is 10.2 Å². The Hall–Kier alpha value is -2.90. The van der Waals surface area contributed by atoms with Gasteiger partial charge in [0.2, 0.25) is 0 Å². The van der Waals surface area contributed by atoms with Crippen LogP contribution < -0.4 is 5.32 Å². The average Bonchev–Trinajstić information content (AvgIpc) is 3.15. The molecule has 0 radical (unpaired) electrons. The minimum Gasteiger partial charge on any atom is -0.481 e. The Bertz CT molecular complexity index is 1220. The van der Waals surface area contributed by atoms with Gasteiger partial charge in [0.15, 0.2) is 0 Å². The Morgan fingerprint density at radius 2 is 1.76 bits per heavy atom. The zero-order valence-electron chi connectivity index (χ0n) is 21.7. The van der Waals surface area contributed by atoms with E-state index >= 15 is 0 Å². The maximum atomic E-state index is 14.1. The van der Waals surface area contributed by atoms with Crippen LogP contribution >= 0.6 is 23.2 Å². The van der Waals surface area contributed by atoms with Crippen molar-refractivity contribution >= 4 is 46.7 Å². The molecule has 38 heavy (non-hydrogen) atoms. The van der Waals surface area contributed by atoms with Crippen molar-refractivity contribution in [3.05, 3.63) is 69.2 Å². The van der Waals surface area contributed by atoms with Gasteiger partial charge in [0.1, 0.15) is 11.4 Å². The molecule has 0 bridgehead atoms. The van der Waals surface area contributed by atoms with Crippen LogP contribution in [-0.4, -0.2) is 45.7 Å². The number of benzene rings is 2. The molecule has 1 aliphatic heterocycles. The fourth-order valence-electron chi connectivity index (χ4n) is 5.46. The van der Waals surface area contributed by atoms with Crippen molar-refractivity contribution in [2.45, 2.75) is 70.5 Å². The molecule has 1 unspecified atom stereocenters. The predicted octanol–water partition coefficient (Wildman–Crippen LogP) is 6.28. The van der Waals surface area contributed by atoms with Crippen molar-refractivity contribution in [2.24, 2.45) is 10.9 Å². The molecule has 2 aromatic rings. The number of hydrogen-bond acceptors (Lipinski definition) is 4.